The van der Waals surface area contributed by atoms with Gasteiger partial charge in [-0.2, -0.15) is 0 Å². The molecule has 0 saturated heterocycles. The lowest BCUT2D eigenvalue weighted by Crippen LogP contribution is -2.54. The van der Waals surface area contributed by atoms with Gasteiger partial charge < -0.3 is 10.2 Å². The van der Waals surface area contributed by atoms with Crippen LogP contribution in [0.25, 0.3) is 0 Å². The molecule has 0 amide bonds. The highest BCUT2D eigenvalue weighted by Crippen LogP contribution is 2.38. The Kier molecular flexibility index (Phi) is 4.34. The van der Waals surface area contributed by atoms with E-state index in [1.165, 1.54) is 0 Å². The van der Waals surface area contributed by atoms with Crippen molar-refractivity contribution in [2.45, 2.75) is 57.7 Å². The molecule has 1 aliphatic rings. The number of carboxylic acid groups (broad SMARTS) is 2. The standard InChI is InChI=1S/C12H20O6/c1-11(2,3)17-18-12(10(15)16)7-5-4-6-8(12)9(13)14/h8H,4-7H2,1-3H3,(H,13,14)(H,15,16). The fourth-order valence-corrected chi connectivity index (χ4v) is 2.06. The molecule has 0 aliphatic heterocycles. The van der Waals surface area contributed by atoms with E-state index in [1.807, 2.05) is 0 Å². The van der Waals surface area contributed by atoms with Gasteiger partial charge in [-0.05, 0) is 40.0 Å². The van der Waals surface area contributed by atoms with Crippen LogP contribution in [-0.2, 0) is 19.4 Å². The Hall–Kier alpha value is -1.14. The summed E-state index contributed by atoms with van der Waals surface area (Å²) in [7, 11) is 0. The maximum Gasteiger partial charge on any atom is 0.340 e. The minimum Gasteiger partial charge on any atom is -0.481 e. The van der Waals surface area contributed by atoms with E-state index in [2.05, 4.69) is 0 Å². The summed E-state index contributed by atoms with van der Waals surface area (Å²) in [5.41, 5.74) is -2.47. The number of hydrogen-bond donors (Lipinski definition) is 2. The van der Waals surface area contributed by atoms with Gasteiger partial charge in [-0.25, -0.2) is 14.6 Å². The highest BCUT2D eigenvalue weighted by Gasteiger charge is 2.54. The Morgan fingerprint density at radius 2 is 1.83 bits per heavy atom. The average Bonchev–Trinajstić information content (AvgIpc) is 2.25. The van der Waals surface area contributed by atoms with E-state index >= 15 is 0 Å². The fraction of sp³-hybridized carbons (Fsp3) is 0.833. The van der Waals surface area contributed by atoms with Crippen LogP contribution in [-0.4, -0.2) is 33.4 Å². The van der Waals surface area contributed by atoms with Crippen molar-refractivity contribution in [1.82, 2.24) is 0 Å². The van der Waals surface area contributed by atoms with Crippen LogP contribution < -0.4 is 0 Å². The van der Waals surface area contributed by atoms with Crippen LogP contribution in [0.2, 0.25) is 0 Å². The highest BCUT2D eigenvalue weighted by molar-refractivity contribution is 5.86. The molecule has 6 nitrogen and oxygen atoms in total. The number of carboxylic acids is 2. The minimum atomic E-state index is -1.78. The lowest BCUT2D eigenvalue weighted by molar-refractivity contribution is -0.407. The van der Waals surface area contributed by atoms with Crippen LogP contribution in [0.4, 0.5) is 0 Å². The molecular formula is C12H20O6. The number of rotatable bonds is 4. The van der Waals surface area contributed by atoms with Gasteiger partial charge in [0.15, 0.2) is 0 Å². The summed E-state index contributed by atoms with van der Waals surface area (Å²) in [6, 6.07) is 0. The molecule has 0 aromatic heterocycles. The average molecular weight is 260 g/mol. The summed E-state index contributed by atoms with van der Waals surface area (Å²) in [5.74, 6) is -3.51. The van der Waals surface area contributed by atoms with Crippen molar-refractivity contribution in [1.29, 1.82) is 0 Å². The maximum atomic E-state index is 11.4. The number of hydrogen-bond acceptors (Lipinski definition) is 4. The Balaban J connectivity index is 2.96. The van der Waals surface area contributed by atoms with Crippen molar-refractivity contribution < 1.29 is 29.6 Å². The van der Waals surface area contributed by atoms with Crippen molar-refractivity contribution >= 4 is 11.9 Å². The van der Waals surface area contributed by atoms with Crippen LogP contribution in [0.1, 0.15) is 46.5 Å². The third kappa shape index (κ3) is 3.20. The second-order valence-corrected chi connectivity index (χ2v) is 5.61. The number of carbonyl (C=O) groups is 2. The minimum absolute atomic E-state index is 0.148. The van der Waals surface area contributed by atoms with Crippen molar-refractivity contribution in [2.75, 3.05) is 0 Å². The van der Waals surface area contributed by atoms with Gasteiger partial charge in [0.2, 0.25) is 5.60 Å². The van der Waals surface area contributed by atoms with Gasteiger partial charge in [-0.1, -0.05) is 6.42 Å². The van der Waals surface area contributed by atoms with Crippen LogP contribution >= 0.6 is 0 Å². The number of aliphatic carboxylic acids is 2. The predicted octanol–water partition coefficient (Wildman–Crippen LogP) is 1.83. The zero-order chi connectivity index (χ0) is 14.0. The van der Waals surface area contributed by atoms with Crippen molar-refractivity contribution in [3.63, 3.8) is 0 Å². The summed E-state index contributed by atoms with van der Waals surface area (Å²) in [6.07, 6.45) is 1.74. The van der Waals surface area contributed by atoms with Crippen molar-refractivity contribution in [3.8, 4) is 0 Å². The summed E-state index contributed by atoms with van der Waals surface area (Å²) < 4.78 is 0. The molecule has 2 N–H and O–H groups in total. The van der Waals surface area contributed by atoms with E-state index in [0.29, 0.717) is 12.8 Å². The monoisotopic (exact) mass is 260 g/mol. The SMILES string of the molecule is CC(C)(C)OOC1(C(=O)O)CCCCC1C(=O)O. The van der Waals surface area contributed by atoms with Crippen molar-refractivity contribution in [2.24, 2.45) is 5.92 Å². The topological polar surface area (TPSA) is 93.1 Å². The Bertz CT molecular complexity index is 332. The molecule has 0 bridgehead atoms. The van der Waals surface area contributed by atoms with Gasteiger partial charge in [0, 0.05) is 0 Å². The smallest absolute Gasteiger partial charge is 0.340 e. The lowest BCUT2D eigenvalue weighted by atomic mass is 9.75. The first kappa shape index (κ1) is 14.9. The molecule has 0 heterocycles. The van der Waals surface area contributed by atoms with Gasteiger partial charge in [0.25, 0.3) is 0 Å². The molecule has 1 fully saturated rings. The summed E-state index contributed by atoms with van der Waals surface area (Å²) in [6.45, 7) is 5.13. The molecule has 18 heavy (non-hydrogen) atoms. The van der Waals surface area contributed by atoms with E-state index in [0.717, 1.165) is 0 Å². The summed E-state index contributed by atoms with van der Waals surface area (Å²) in [5, 5.41) is 18.5. The molecule has 0 spiro atoms. The predicted molar refractivity (Wildman–Crippen MR) is 61.9 cm³/mol. The molecule has 2 atom stereocenters. The lowest BCUT2D eigenvalue weighted by Gasteiger charge is -2.38. The molecule has 104 valence electrons. The molecule has 1 rings (SSSR count). The van der Waals surface area contributed by atoms with Crippen molar-refractivity contribution in [3.05, 3.63) is 0 Å². The molecule has 2 unspecified atom stereocenters. The molecule has 1 aliphatic carbocycles. The van der Waals surface area contributed by atoms with E-state index in [4.69, 9.17) is 14.9 Å². The first-order valence-corrected chi connectivity index (χ1v) is 6.02. The Morgan fingerprint density at radius 3 is 2.28 bits per heavy atom. The second kappa shape index (κ2) is 5.24. The summed E-state index contributed by atoms with van der Waals surface area (Å²) in [4.78, 5) is 32.8. The van der Waals surface area contributed by atoms with E-state index < -0.39 is 29.1 Å². The van der Waals surface area contributed by atoms with Crippen LogP contribution in [0.15, 0.2) is 0 Å². The van der Waals surface area contributed by atoms with E-state index in [1.54, 1.807) is 20.8 Å². The zero-order valence-electron chi connectivity index (χ0n) is 10.9. The van der Waals surface area contributed by atoms with Gasteiger partial charge >= 0.3 is 11.9 Å². The van der Waals surface area contributed by atoms with Crippen LogP contribution in [0.3, 0.4) is 0 Å². The van der Waals surface area contributed by atoms with Gasteiger partial charge in [-0.15, -0.1) is 0 Å². The third-order valence-corrected chi connectivity index (χ3v) is 2.95. The molecule has 0 aromatic carbocycles. The molecule has 1 saturated carbocycles. The van der Waals surface area contributed by atoms with E-state index in [9.17, 15) is 14.7 Å². The normalized spacial score (nSPS) is 28.9. The first-order valence-electron chi connectivity index (χ1n) is 6.02. The van der Waals surface area contributed by atoms with E-state index in [-0.39, 0.29) is 12.8 Å². The molecule has 0 aromatic rings. The highest BCUT2D eigenvalue weighted by atomic mass is 17.2. The molecule has 0 radical (unpaired) electrons. The summed E-state index contributed by atoms with van der Waals surface area (Å²) >= 11 is 0. The second-order valence-electron chi connectivity index (χ2n) is 5.61. The Morgan fingerprint density at radius 1 is 1.22 bits per heavy atom. The third-order valence-electron chi connectivity index (χ3n) is 2.95. The molecular weight excluding hydrogens is 240 g/mol. The van der Waals surface area contributed by atoms with Gasteiger partial charge in [-0.3, -0.25) is 4.79 Å². The maximum absolute atomic E-state index is 11.4. The first-order chi connectivity index (χ1) is 8.19. The largest absolute Gasteiger partial charge is 0.481 e. The fourth-order valence-electron chi connectivity index (χ4n) is 2.06. The van der Waals surface area contributed by atoms with Crippen LogP contribution in [0, 0.1) is 5.92 Å². The Labute approximate surface area is 106 Å². The quantitative estimate of drug-likeness (QED) is 0.591. The molecule has 6 heteroatoms. The van der Waals surface area contributed by atoms with Crippen LogP contribution in [0.5, 0.6) is 0 Å². The van der Waals surface area contributed by atoms with Gasteiger partial charge in [0.1, 0.15) is 0 Å². The zero-order valence-corrected chi connectivity index (χ0v) is 10.9. The van der Waals surface area contributed by atoms with Gasteiger partial charge in [0.05, 0.1) is 11.5 Å².